The number of hydrogen-bond donors (Lipinski definition) is 1. The molecule has 1 aromatic carbocycles. The van der Waals surface area contributed by atoms with Gasteiger partial charge in [0.05, 0.1) is 5.52 Å². The first-order valence-electron chi connectivity index (χ1n) is 5.91. The standard InChI is InChI=1S/C14H15N2/c1-2-6-14-13(5-1)12(7-9-16-14)11-4-3-8-15-10-11/h1-2,5-6,9,11,15H,3-4,8,10H2. The first kappa shape index (κ1) is 9.79. The highest BCUT2D eigenvalue weighted by molar-refractivity contribution is 5.82. The van der Waals surface area contributed by atoms with Gasteiger partial charge >= 0.3 is 0 Å². The third-order valence-corrected chi connectivity index (χ3v) is 3.32. The van der Waals surface area contributed by atoms with Crippen LogP contribution in [0.4, 0.5) is 0 Å². The molecule has 0 bridgehead atoms. The van der Waals surface area contributed by atoms with E-state index in [1.54, 1.807) is 0 Å². The van der Waals surface area contributed by atoms with Crippen LogP contribution in [0.1, 0.15) is 24.3 Å². The lowest BCUT2D eigenvalue weighted by Crippen LogP contribution is -2.28. The van der Waals surface area contributed by atoms with E-state index in [4.69, 9.17) is 0 Å². The Labute approximate surface area is 95.7 Å². The molecule has 2 heterocycles. The molecule has 1 aliphatic heterocycles. The Morgan fingerprint density at radius 1 is 1.31 bits per heavy atom. The highest BCUT2D eigenvalue weighted by Crippen LogP contribution is 2.28. The van der Waals surface area contributed by atoms with Gasteiger partial charge in [-0.3, -0.25) is 4.98 Å². The number of nitrogens with zero attached hydrogens (tertiary/aromatic N) is 1. The molecule has 1 aliphatic rings. The summed E-state index contributed by atoms with van der Waals surface area (Å²) in [6.45, 7) is 2.23. The van der Waals surface area contributed by atoms with Gasteiger partial charge in [-0.25, -0.2) is 0 Å². The second-order valence-electron chi connectivity index (χ2n) is 4.38. The average molecular weight is 211 g/mol. The van der Waals surface area contributed by atoms with Gasteiger partial charge in [-0.1, -0.05) is 18.2 Å². The summed E-state index contributed by atoms with van der Waals surface area (Å²) in [5.74, 6) is 0.599. The fraction of sp³-hybridized carbons (Fsp3) is 0.357. The van der Waals surface area contributed by atoms with Crippen molar-refractivity contribution in [1.82, 2.24) is 10.3 Å². The van der Waals surface area contributed by atoms with E-state index in [2.05, 4.69) is 34.6 Å². The van der Waals surface area contributed by atoms with Gasteiger partial charge in [-0.15, -0.1) is 0 Å². The predicted octanol–water partition coefficient (Wildman–Crippen LogP) is 2.50. The molecular formula is C14H15N2. The van der Waals surface area contributed by atoms with Gasteiger partial charge in [0.25, 0.3) is 0 Å². The monoisotopic (exact) mass is 211 g/mol. The molecule has 1 aromatic heterocycles. The minimum absolute atomic E-state index is 0.599. The lowest BCUT2D eigenvalue weighted by molar-refractivity contribution is 0.463. The van der Waals surface area contributed by atoms with Crippen LogP contribution in [0.5, 0.6) is 0 Å². The van der Waals surface area contributed by atoms with Crippen molar-refractivity contribution < 1.29 is 0 Å². The van der Waals surface area contributed by atoms with Crippen molar-refractivity contribution in [1.29, 1.82) is 0 Å². The first-order valence-corrected chi connectivity index (χ1v) is 5.91. The van der Waals surface area contributed by atoms with Crippen molar-refractivity contribution in [2.75, 3.05) is 13.1 Å². The number of rotatable bonds is 1. The molecule has 3 rings (SSSR count). The van der Waals surface area contributed by atoms with Gasteiger partial charge in [0, 0.05) is 24.2 Å². The predicted molar refractivity (Wildman–Crippen MR) is 65.4 cm³/mol. The van der Waals surface area contributed by atoms with E-state index in [0.29, 0.717) is 5.92 Å². The molecule has 2 nitrogen and oxygen atoms in total. The van der Waals surface area contributed by atoms with Crippen molar-refractivity contribution in [3.8, 4) is 0 Å². The smallest absolute Gasteiger partial charge is 0.0705 e. The quantitative estimate of drug-likeness (QED) is 0.784. The topological polar surface area (TPSA) is 24.9 Å². The second kappa shape index (κ2) is 4.22. The zero-order valence-electron chi connectivity index (χ0n) is 9.24. The Bertz CT molecular complexity index is 482. The van der Waals surface area contributed by atoms with Gasteiger partial charge in [-0.05, 0) is 36.9 Å². The van der Waals surface area contributed by atoms with Crippen molar-refractivity contribution in [2.45, 2.75) is 18.8 Å². The molecule has 1 radical (unpaired) electrons. The van der Waals surface area contributed by atoms with Gasteiger partial charge in [0.1, 0.15) is 0 Å². The molecule has 0 spiro atoms. The number of nitrogens with one attached hydrogen (secondary N) is 1. The van der Waals surface area contributed by atoms with E-state index in [-0.39, 0.29) is 0 Å². The fourth-order valence-corrected chi connectivity index (χ4v) is 2.50. The highest BCUT2D eigenvalue weighted by atomic mass is 14.9. The number of para-hydroxylation sites is 1. The van der Waals surface area contributed by atoms with E-state index < -0.39 is 0 Å². The van der Waals surface area contributed by atoms with E-state index in [1.807, 2.05) is 12.3 Å². The van der Waals surface area contributed by atoms with Gasteiger partial charge in [0.2, 0.25) is 0 Å². The first-order chi connectivity index (χ1) is 7.95. The fourth-order valence-electron chi connectivity index (χ4n) is 2.50. The molecule has 0 amide bonds. The van der Waals surface area contributed by atoms with E-state index in [9.17, 15) is 0 Å². The molecule has 1 N–H and O–H groups in total. The van der Waals surface area contributed by atoms with Gasteiger partial charge < -0.3 is 5.32 Å². The highest BCUT2D eigenvalue weighted by Gasteiger charge is 2.17. The van der Waals surface area contributed by atoms with Crippen molar-refractivity contribution in [3.05, 3.63) is 42.1 Å². The molecule has 2 aromatic rings. The molecule has 2 heteroatoms. The largest absolute Gasteiger partial charge is 0.316 e. The maximum atomic E-state index is 4.36. The normalized spacial score (nSPS) is 21.1. The summed E-state index contributed by atoms with van der Waals surface area (Å²) in [6.07, 6.45) is 4.33. The lowest BCUT2D eigenvalue weighted by atomic mass is 9.89. The van der Waals surface area contributed by atoms with Crippen LogP contribution in [0.3, 0.4) is 0 Å². The van der Waals surface area contributed by atoms with Crippen molar-refractivity contribution in [3.63, 3.8) is 0 Å². The molecule has 16 heavy (non-hydrogen) atoms. The average Bonchev–Trinajstić information content (AvgIpc) is 2.39. The number of aromatic nitrogens is 1. The number of piperidine rings is 1. The molecule has 1 atom stereocenters. The number of pyridine rings is 1. The summed E-state index contributed by atoms with van der Waals surface area (Å²) in [6, 6.07) is 11.7. The van der Waals surface area contributed by atoms with E-state index >= 15 is 0 Å². The second-order valence-corrected chi connectivity index (χ2v) is 4.38. The zero-order chi connectivity index (χ0) is 10.8. The Kier molecular flexibility index (Phi) is 2.58. The molecule has 1 fully saturated rings. The summed E-state index contributed by atoms with van der Waals surface area (Å²) in [5.41, 5.74) is 2.42. The summed E-state index contributed by atoms with van der Waals surface area (Å²) >= 11 is 0. The van der Waals surface area contributed by atoms with Gasteiger partial charge in [-0.2, -0.15) is 0 Å². The summed E-state index contributed by atoms with van der Waals surface area (Å²) < 4.78 is 0. The van der Waals surface area contributed by atoms with Crippen LogP contribution in [0, 0.1) is 6.07 Å². The SMILES string of the molecule is [c]1cnc2ccccc2c1C1CCCNC1. The molecule has 1 unspecified atom stereocenters. The number of benzene rings is 1. The Hall–Kier alpha value is -1.41. The minimum atomic E-state index is 0.599. The lowest BCUT2D eigenvalue weighted by Gasteiger charge is -2.23. The Morgan fingerprint density at radius 3 is 3.12 bits per heavy atom. The molecule has 0 aliphatic carbocycles. The van der Waals surface area contributed by atoms with Crippen molar-refractivity contribution >= 4 is 10.9 Å². The van der Waals surface area contributed by atoms with Crippen molar-refractivity contribution in [2.24, 2.45) is 0 Å². The molecule has 81 valence electrons. The van der Waals surface area contributed by atoms with Crippen LogP contribution < -0.4 is 5.32 Å². The molecular weight excluding hydrogens is 196 g/mol. The van der Waals surface area contributed by atoms with Gasteiger partial charge in [0.15, 0.2) is 0 Å². The Morgan fingerprint density at radius 2 is 2.25 bits per heavy atom. The van der Waals surface area contributed by atoms with Crippen LogP contribution in [-0.2, 0) is 0 Å². The number of fused-ring (bicyclic) bond motifs is 1. The summed E-state index contributed by atoms with van der Waals surface area (Å²) in [7, 11) is 0. The number of hydrogen-bond acceptors (Lipinski definition) is 2. The van der Waals surface area contributed by atoms with E-state index in [1.165, 1.54) is 23.8 Å². The van der Waals surface area contributed by atoms with Crippen LogP contribution in [0.25, 0.3) is 10.9 Å². The third kappa shape index (κ3) is 1.69. The molecule has 1 saturated heterocycles. The maximum Gasteiger partial charge on any atom is 0.0705 e. The van der Waals surface area contributed by atoms with Crippen LogP contribution in [-0.4, -0.2) is 18.1 Å². The van der Waals surface area contributed by atoms with Crippen LogP contribution >= 0.6 is 0 Å². The Balaban J connectivity index is 2.08. The zero-order valence-corrected chi connectivity index (χ0v) is 9.24. The maximum absolute atomic E-state index is 4.36. The summed E-state index contributed by atoms with van der Waals surface area (Å²) in [5, 5.41) is 4.72. The minimum Gasteiger partial charge on any atom is -0.316 e. The molecule has 0 saturated carbocycles. The third-order valence-electron chi connectivity index (χ3n) is 3.32. The summed E-state index contributed by atoms with van der Waals surface area (Å²) in [4.78, 5) is 4.36. The van der Waals surface area contributed by atoms with Crippen LogP contribution in [0.2, 0.25) is 0 Å². The van der Waals surface area contributed by atoms with E-state index in [0.717, 1.165) is 18.6 Å². The van der Waals surface area contributed by atoms with Crippen LogP contribution in [0.15, 0.2) is 30.5 Å².